The zero-order valence-corrected chi connectivity index (χ0v) is 11.3. The second-order valence-electron chi connectivity index (χ2n) is 5.81. The Kier molecular flexibility index (Phi) is 4.43. The lowest BCUT2D eigenvalue weighted by atomic mass is 9.94. The van der Waals surface area contributed by atoms with Crippen LogP contribution in [0.3, 0.4) is 0 Å². The summed E-state index contributed by atoms with van der Waals surface area (Å²) >= 11 is 0. The molecule has 1 unspecified atom stereocenters. The summed E-state index contributed by atoms with van der Waals surface area (Å²) in [5, 5.41) is 0. The van der Waals surface area contributed by atoms with Crippen molar-refractivity contribution in [2.75, 3.05) is 26.2 Å². The SMILES string of the molecule is CC(C)N1CCCC(C(=O)N2CCCCC2)C1. The number of rotatable bonds is 2. The van der Waals surface area contributed by atoms with Gasteiger partial charge in [-0.1, -0.05) is 0 Å². The number of nitrogens with zero attached hydrogens (tertiary/aromatic N) is 2. The summed E-state index contributed by atoms with van der Waals surface area (Å²) in [7, 11) is 0. The lowest BCUT2D eigenvalue weighted by Crippen LogP contribution is -2.48. The molecule has 1 amide bonds. The van der Waals surface area contributed by atoms with Crippen molar-refractivity contribution < 1.29 is 4.79 Å². The molecular formula is C14H26N2O. The topological polar surface area (TPSA) is 23.6 Å². The summed E-state index contributed by atoms with van der Waals surface area (Å²) in [6.45, 7) is 8.60. The van der Waals surface area contributed by atoms with Gasteiger partial charge >= 0.3 is 0 Å². The van der Waals surface area contributed by atoms with Crippen LogP contribution in [0, 0.1) is 5.92 Å². The maximum Gasteiger partial charge on any atom is 0.226 e. The summed E-state index contributed by atoms with van der Waals surface area (Å²) in [6.07, 6.45) is 5.98. The van der Waals surface area contributed by atoms with Gasteiger partial charge in [0.05, 0.1) is 5.92 Å². The average molecular weight is 238 g/mol. The Bertz CT molecular complexity index is 259. The van der Waals surface area contributed by atoms with Crippen molar-refractivity contribution in [3.63, 3.8) is 0 Å². The molecule has 0 aromatic rings. The standard InChI is InChI=1S/C14H26N2O/c1-12(2)16-10-6-7-13(11-16)14(17)15-8-4-3-5-9-15/h12-13H,3-11H2,1-2H3. The van der Waals surface area contributed by atoms with E-state index in [0.717, 1.165) is 26.1 Å². The van der Waals surface area contributed by atoms with E-state index in [1.165, 1.54) is 32.2 Å². The molecule has 3 nitrogen and oxygen atoms in total. The van der Waals surface area contributed by atoms with Crippen LogP contribution in [-0.2, 0) is 4.79 Å². The summed E-state index contributed by atoms with van der Waals surface area (Å²) < 4.78 is 0. The normalized spacial score (nSPS) is 27.5. The fourth-order valence-electron chi connectivity index (χ4n) is 3.05. The van der Waals surface area contributed by atoms with Gasteiger partial charge in [0.25, 0.3) is 0 Å². The van der Waals surface area contributed by atoms with Crippen LogP contribution in [0.25, 0.3) is 0 Å². The third-order valence-electron chi connectivity index (χ3n) is 4.20. The van der Waals surface area contributed by atoms with Crippen LogP contribution in [-0.4, -0.2) is 47.9 Å². The molecule has 1 atom stereocenters. The molecule has 2 aliphatic rings. The highest BCUT2D eigenvalue weighted by Crippen LogP contribution is 2.22. The van der Waals surface area contributed by atoms with Crippen LogP contribution in [0.15, 0.2) is 0 Å². The molecule has 2 saturated heterocycles. The summed E-state index contributed by atoms with van der Waals surface area (Å²) in [6, 6.07) is 0.576. The molecule has 0 aromatic carbocycles. The van der Waals surface area contributed by atoms with Crippen molar-refractivity contribution >= 4 is 5.91 Å². The Labute approximate surface area is 105 Å². The van der Waals surface area contributed by atoms with Gasteiger partial charge in [-0.2, -0.15) is 0 Å². The molecule has 0 saturated carbocycles. The number of piperidine rings is 2. The molecule has 0 aliphatic carbocycles. The van der Waals surface area contributed by atoms with Gasteiger partial charge in [-0.25, -0.2) is 0 Å². The first-order chi connectivity index (χ1) is 8.18. The van der Waals surface area contributed by atoms with E-state index in [0.29, 0.717) is 11.9 Å². The molecule has 0 radical (unpaired) electrons. The van der Waals surface area contributed by atoms with Gasteiger partial charge in [-0.15, -0.1) is 0 Å². The Balaban J connectivity index is 1.89. The summed E-state index contributed by atoms with van der Waals surface area (Å²) in [5.41, 5.74) is 0. The van der Waals surface area contributed by atoms with Gasteiger partial charge in [0.2, 0.25) is 5.91 Å². The van der Waals surface area contributed by atoms with E-state index in [1.807, 2.05) is 0 Å². The second-order valence-corrected chi connectivity index (χ2v) is 5.81. The zero-order valence-electron chi connectivity index (χ0n) is 11.3. The highest BCUT2D eigenvalue weighted by molar-refractivity contribution is 5.79. The largest absolute Gasteiger partial charge is 0.342 e. The van der Waals surface area contributed by atoms with Gasteiger partial charge in [0.15, 0.2) is 0 Å². The first kappa shape index (κ1) is 12.9. The molecule has 2 heterocycles. The van der Waals surface area contributed by atoms with Gasteiger partial charge in [-0.3, -0.25) is 4.79 Å². The summed E-state index contributed by atoms with van der Waals surface area (Å²) in [4.78, 5) is 17.0. The fraction of sp³-hybridized carbons (Fsp3) is 0.929. The predicted octanol–water partition coefficient (Wildman–Crippen LogP) is 2.12. The first-order valence-corrected chi connectivity index (χ1v) is 7.21. The van der Waals surface area contributed by atoms with Gasteiger partial charge in [0.1, 0.15) is 0 Å². The molecule has 2 fully saturated rings. The Hall–Kier alpha value is -0.570. The van der Waals surface area contributed by atoms with E-state index in [2.05, 4.69) is 23.6 Å². The van der Waals surface area contributed by atoms with E-state index in [1.54, 1.807) is 0 Å². The Morgan fingerprint density at radius 1 is 1.06 bits per heavy atom. The fourth-order valence-corrected chi connectivity index (χ4v) is 3.05. The molecule has 17 heavy (non-hydrogen) atoms. The van der Waals surface area contributed by atoms with Gasteiger partial charge in [-0.05, 0) is 52.5 Å². The van der Waals surface area contributed by atoms with Crippen LogP contribution in [0.1, 0.15) is 46.0 Å². The minimum Gasteiger partial charge on any atom is -0.342 e. The smallest absolute Gasteiger partial charge is 0.226 e. The van der Waals surface area contributed by atoms with E-state index in [9.17, 15) is 4.79 Å². The van der Waals surface area contributed by atoms with Crippen molar-refractivity contribution in [1.29, 1.82) is 0 Å². The van der Waals surface area contributed by atoms with E-state index >= 15 is 0 Å². The van der Waals surface area contributed by atoms with E-state index in [4.69, 9.17) is 0 Å². The van der Waals surface area contributed by atoms with Crippen LogP contribution in [0.5, 0.6) is 0 Å². The van der Waals surface area contributed by atoms with Crippen LogP contribution < -0.4 is 0 Å². The second kappa shape index (κ2) is 5.85. The zero-order chi connectivity index (χ0) is 12.3. The quantitative estimate of drug-likeness (QED) is 0.735. The highest BCUT2D eigenvalue weighted by Gasteiger charge is 2.30. The van der Waals surface area contributed by atoms with Crippen LogP contribution in [0.4, 0.5) is 0 Å². The van der Waals surface area contributed by atoms with Crippen molar-refractivity contribution in [3.05, 3.63) is 0 Å². The van der Waals surface area contributed by atoms with Gasteiger partial charge in [0, 0.05) is 25.7 Å². The van der Waals surface area contributed by atoms with Crippen LogP contribution in [0.2, 0.25) is 0 Å². The number of carbonyl (C=O) groups is 1. The molecular weight excluding hydrogens is 212 g/mol. The third kappa shape index (κ3) is 3.21. The average Bonchev–Trinajstić information content (AvgIpc) is 2.39. The monoisotopic (exact) mass is 238 g/mol. The predicted molar refractivity (Wildman–Crippen MR) is 69.9 cm³/mol. The molecule has 98 valence electrons. The molecule has 2 aliphatic heterocycles. The summed E-state index contributed by atoms with van der Waals surface area (Å²) in [5.74, 6) is 0.694. The Morgan fingerprint density at radius 3 is 2.41 bits per heavy atom. The molecule has 0 spiro atoms. The minimum absolute atomic E-state index is 0.268. The first-order valence-electron chi connectivity index (χ1n) is 7.21. The van der Waals surface area contributed by atoms with Crippen molar-refractivity contribution in [2.24, 2.45) is 5.92 Å². The van der Waals surface area contributed by atoms with E-state index in [-0.39, 0.29) is 5.92 Å². The molecule has 0 N–H and O–H groups in total. The number of hydrogen-bond donors (Lipinski definition) is 0. The molecule has 0 bridgehead atoms. The maximum absolute atomic E-state index is 12.4. The van der Waals surface area contributed by atoms with Crippen molar-refractivity contribution in [3.8, 4) is 0 Å². The van der Waals surface area contributed by atoms with Crippen molar-refractivity contribution in [1.82, 2.24) is 9.80 Å². The number of hydrogen-bond acceptors (Lipinski definition) is 2. The Morgan fingerprint density at radius 2 is 1.76 bits per heavy atom. The molecule has 0 aromatic heterocycles. The van der Waals surface area contributed by atoms with E-state index < -0.39 is 0 Å². The third-order valence-corrected chi connectivity index (χ3v) is 4.20. The number of likely N-dealkylation sites (tertiary alicyclic amines) is 2. The number of carbonyl (C=O) groups excluding carboxylic acids is 1. The number of amides is 1. The molecule has 2 rings (SSSR count). The highest BCUT2D eigenvalue weighted by atomic mass is 16.2. The van der Waals surface area contributed by atoms with Gasteiger partial charge < -0.3 is 9.80 Å². The lowest BCUT2D eigenvalue weighted by Gasteiger charge is -2.37. The van der Waals surface area contributed by atoms with Crippen LogP contribution >= 0.6 is 0 Å². The minimum atomic E-state index is 0.268. The molecule has 3 heteroatoms. The van der Waals surface area contributed by atoms with Crippen molar-refractivity contribution in [2.45, 2.75) is 52.0 Å². The lowest BCUT2D eigenvalue weighted by molar-refractivity contribution is -0.138. The maximum atomic E-state index is 12.4.